The maximum absolute atomic E-state index is 5.41. The molecule has 0 amide bonds. The largest absolute Gasteiger partial charge is 0.362 e. The first-order valence-electron chi connectivity index (χ1n) is 4.84. The summed E-state index contributed by atoms with van der Waals surface area (Å²) in [7, 11) is 5.69. The van der Waals surface area contributed by atoms with Crippen LogP contribution in [0.1, 0.15) is 11.8 Å². The zero-order valence-electron chi connectivity index (χ0n) is 9.19. The van der Waals surface area contributed by atoms with Crippen LogP contribution in [0.25, 0.3) is 11.0 Å². The second-order valence-corrected chi connectivity index (χ2v) is 3.73. The highest BCUT2D eigenvalue weighted by Gasteiger charge is 2.13. The molecule has 1 atom stereocenters. The molecule has 0 saturated carbocycles. The highest BCUT2D eigenvalue weighted by atomic mass is 16.5. The fourth-order valence-corrected chi connectivity index (χ4v) is 1.75. The smallest absolute Gasteiger partial charge is 0.135 e. The minimum Gasteiger partial charge on any atom is -0.362 e. The molecule has 0 spiro atoms. The van der Waals surface area contributed by atoms with Gasteiger partial charge in [0, 0.05) is 7.11 Å². The summed E-state index contributed by atoms with van der Waals surface area (Å²) < 4.78 is 5.41. The normalized spacial score (nSPS) is 13.6. The Bertz CT molecular complexity index is 450. The number of rotatable bonds is 3. The van der Waals surface area contributed by atoms with E-state index in [0.29, 0.717) is 0 Å². The van der Waals surface area contributed by atoms with Crippen molar-refractivity contribution in [1.29, 1.82) is 0 Å². The number of aromatic nitrogens is 2. The molecule has 1 aromatic carbocycles. The molecule has 0 aliphatic carbocycles. The van der Waals surface area contributed by atoms with E-state index in [1.54, 1.807) is 13.4 Å². The summed E-state index contributed by atoms with van der Waals surface area (Å²) in [5.41, 5.74) is 3.14. The molecule has 2 rings (SSSR count). The van der Waals surface area contributed by atoms with Crippen molar-refractivity contribution in [2.24, 2.45) is 0 Å². The standard InChI is InChI=1S/C11H15N3O/c1-14(2)11(15-3)8-4-5-9-10(6-8)13-7-12-9/h4-7,11H,1-3H3,(H,12,13). The lowest BCUT2D eigenvalue weighted by molar-refractivity contribution is -0.00531. The maximum atomic E-state index is 5.41. The number of H-pyrrole nitrogens is 1. The van der Waals surface area contributed by atoms with E-state index in [9.17, 15) is 0 Å². The molecule has 1 N–H and O–H groups in total. The number of benzene rings is 1. The summed E-state index contributed by atoms with van der Waals surface area (Å²) in [5, 5.41) is 0. The van der Waals surface area contributed by atoms with Crippen molar-refractivity contribution in [3.05, 3.63) is 30.1 Å². The second kappa shape index (κ2) is 4.00. The average molecular weight is 205 g/mol. The third-order valence-corrected chi connectivity index (χ3v) is 2.42. The number of aromatic amines is 1. The third-order valence-electron chi connectivity index (χ3n) is 2.42. The van der Waals surface area contributed by atoms with Crippen LogP contribution in [0.4, 0.5) is 0 Å². The average Bonchev–Trinajstić information content (AvgIpc) is 2.65. The van der Waals surface area contributed by atoms with Gasteiger partial charge in [-0.15, -0.1) is 0 Å². The molecule has 1 unspecified atom stereocenters. The summed E-state index contributed by atoms with van der Waals surface area (Å²) >= 11 is 0. The van der Waals surface area contributed by atoms with Crippen LogP contribution >= 0.6 is 0 Å². The fraction of sp³-hybridized carbons (Fsp3) is 0.364. The van der Waals surface area contributed by atoms with Gasteiger partial charge in [-0.05, 0) is 31.8 Å². The van der Waals surface area contributed by atoms with Gasteiger partial charge in [0.15, 0.2) is 0 Å². The Labute approximate surface area is 88.9 Å². The molecule has 1 aromatic heterocycles. The second-order valence-electron chi connectivity index (χ2n) is 3.73. The molecule has 0 aliphatic heterocycles. The van der Waals surface area contributed by atoms with Gasteiger partial charge in [-0.1, -0.05) is 6.07 Å². The summed E-state index contributed by atoms with van der Waals surface area (Å²) in [5.74, 6) is 0. The van der Waals surface area contributed by atoms with E-state index >= 15 is 0 Å². The molecule has 80 valence electrons. The molecule has 15 heavy (non-hydrogen) atoms. The topological polar surface area (TPSA) is 41.1 Å². The van der Waals surface area contributed by atoms with Crippen LogP contribution in [0.5, 0.6) is 0 Å². The minimum atomic E-state index is -0.0160. The first-order valence-corrected chi connectivity index (χ1v) is 4.84. The lowest BCUT2D eigenvalue weighted by Gasteiger charge is -2.22. The van der Waals surface area contributed by atoms with Crippen molar-refractivity contribution < 1.29 is 4.74 Å². The Kier molecular flexibility index (Phi) is 2.70. The molecule has 4 heteroatoms. The molecule has 0 radical (unpaired) electrons. The molecule has 4 nitrogen and oxygen atoms in total. The molecular formula is C11H15N3O. The number of fused-ring (bicyclic) bond motifs is 1. The molecule has 0 fully saturated rings. The molecule has 0 bridgehead atoms. The zero-order valence-corrected chi connectivity index (χ0v) is 9.19. The Morgan fingerprint density at radius 2 is 2.20 bits per heavy atom. The van der Waals surface area contributed by atoms with E-state index in [2.05, 4.69) is 16.0 Å². The number of nitrogens with one attached hydrogen (secondary N) is 1. The Hall–Kier alpha value is -1.39. The lowest BCUT2D eigenvalue weighted by atomic mass is 10.1. The van der Waals surface area contributed by atoms with Crippen molar-refractivity contribution in [2.45, 2.75) is 6.23 Å². The van der Waals surface area contributed by atoms with Gasteiger partial charge in [-0.2, -0.15) is 0 Å². The van der Waals surface area contributed by atoms with Crippen molar-refractivity contribution in [3.8, 4) is 0 Å². The van der Waals surface area contributed by atoms with Crippen LogP contribution in [0.3, 0.4) is 0 Å². The van der Waals surface area contributed by atoms with Gasteiger partial charge in [0.2, 0.25) is 0 Å². The van der Waals surface area contributed by atoms with E-state index in [-0.39, 0.29) is 6.23 Å². The zero-order chi connectivity index (χ0) is 10.8. The Morgan fingerprint density at radius 1 is 1.40 bits per heavy atom. The fourth-order valence-electron chi connectivity index (χ4n) is 1.75. The highest BCUT2D eigenvalue weighted by molar-refractivity contribution is 5.75. The number of hydrogen-bond acceptors (Lipinski definition) is 3. The van der Waals surface area contributed by atoms with E-state index in [0.717, 1.165) is 16.6 Å². The molecular weight excluding hydrogens is 190 g/mol. The predicted octanol–water partition coefficient (Wildman–Crippen LogP) is 1.77. The van der Waals surface area contributed by atoms with Gasteiger partial charge in [-0.25, -0.2) is 4.98 Å². The van der Waals surface area contributed by atoms with Gasteiger partial charge >= 0.3 is 0 Å². The van der Waals surface area contributed by atoms with Gasteiger partial charge < -0.3 is 9.72 Å². The van der Waals surface area contributed by atoms with Gasteiger partial charge in [0.05, 0.1) is 17.4 Å². The van der Waals surface area contributed by atoms with Crippen molar-refractivity contribution in [1.82, 2.24) is 14.9 Å². The quantitative estimate of drug-likeness (QED) is 0.776. The highest BCUT2D eigenvalue weighted by Crippen LogP contribution is 2.21. The van der Waals surface area contributed by atoms with E-state index in [1.807, 2.05) is 31.1 Å². The molecule has 1 heterocycles. The van der Waals surface area contributed by atoms with Crippen LogP contribution in [-0.2, 0) is 4.74 Å². The van der Waals surface area contributed by atoms with Crippen molar-refractivity contribution >= 4 is 11.0 Å². The van der Waals surface area contributed by atoms with Gasteiger partial charge in [0.1, 0.15) is 6.23 Å². The van der Waals surface area contributed by atoms with Crippen LogP contribution in [-0.4, -0.2) is 36.1 Å². The third kappa shape index (κ3) is 1.86. The molecule has 2 aromatic rings. The molecule has 0 saturated heterocycles. The minimum absolute atomic E-state index is 0.0160. The number of methoxy groups -OCH3 is 1. The van der Waals surface area contributed by atoms with Gasteiger partial charge in [0.25, 0.3) is 0 Å². The van der Waals surface area contributed by atoms with E-state index < -0.39 is 0 Å². The first kappa shape index (κ1) is 10.1. The number of nitrogens with zero attached hydrogens (tertiary/aromatic N) is 2. The van der Waals surface area contributed by atoms with Gasteiger partial charge in [-0.3, -0.25) is 4.90 Å². The van der Waals surface area contributed by atoms with Crippen molar-refractivity contribution in [2.75, 3.05) is 21.2 Å². The number of imidazole rings is 1. The summed E-state index contributed by atoms with van der Waals surface area (Å²) in [4.78, 5) is 9.30. The van der Waals surface area contributed by atoms with E-state index in [4.69, 9.17) is 4.74 Å². The number of hydrogen-bond donors (Lipinski definition) is 1. The SMILES string of the molecule is COC(c1ccc2nc[nH]c2c1)N(C)C. The van der Waals surface area contributed by atoms with Crippen LogP contribution in [0.2, 0.25) is 0 Å². The van der Waals surface area contributed by atoms with E-state index in [1.165, 1.54) is 0 Å². The Balaban J connectivity index is 2.41. The molecule has 0 aliphatic rings. The lowest BCUT2D eigenvalue weighted by Crippen LogP contribution is -2.21. The van der Waals surface area contributed by atoms with Crippen LogP contribution in [0, 0.1) is 0 Å². The Morgan fingerprint density at radius 3 is 2.87 bits per heavy atom. The first-order chi connectivity index (χ1) is 7.22. The van der Waals surface area contributed by atoms with Crippen LogP contribution in [0.15, 0.2) is 24.5 Å². The maximum Gasteiger partial charge on any atom is 0.135 e. The van der Waals surface area contributed by atoms with Crippen LogP contribution < -0.4 is 0 Å². The summed E-state index contributed by atoms with van der Waals surface area (Å²) in [6.45, 7) is 0. The monoisotopic (exact) mass is 205 g/mol. The number of ether oxygens (including phenoxy) is 1. The summed E-state index contributed by atoms with van der Waals surface area (Å²) in [6, 6.07) is 6.10. The summed E-state index contributed by atoms with van der Waals surface area (Å²) in [6.07, 6.45) is 1.68. The predicted molar refractivity (Wildman–Crippen MR) is 59.5 cm³/mol. The van der Waals surface area contributed by atoms with Crippen molar-refractivity contribution in [3.63, 3.8) is 0 Å².